The first-order chi connectivity index (χ1) is 14.5. The van der Waals surface area contributed by atoms with Gasteiger partial charge in [-0.2, -0.15) is 0 Å². The molecule has 3 N–H and O–H groups in total. The number of rotatable bonds is 7. The van der Waals surface area contributed by atoms with E-state index in [1.807, 2.05) is 29.0 Å². The van der Waals surface area contributed by atoms with Gasteiger partial charge in [0.2, 0.25) is 0 Å². The lowest BCUT2D eigenvalue weighted by Gasteiger charge is -2.15. The maximum Gasteiger partial charge on any atom is 0.148 e. The van der Waals surface area contributed by atoms with Crippen molar-refractivity contribution < 1.29 is 24.4 Å². The Kier molecular flexibility index (Phi) is 6.09. The van der Waals surface area contributed by atoms with Crippen LogP contribution in [-0.4, -0.2) is 57.8 Å². The highest BCUT2D eigenvalue weighted by Gasteiger charge is 2.35. The summed E-state index contributed by atoms with van der Waals surface area (Å²) in [5, 5.41) is 23.6. The van der Waals surface area contributed by atoms with Crippen molar-refractivity contribution >= 4 is 32.8 Å². The Morgan fingerprint density at radius 2 is 2.13 bits per heavy atom. The summed E-state index contributed by atoms with van der Waals surface area (Å²) < 4.78 is 19.1. The van der Waals surface area contributed by atoms with E-state index >= 15 is 0 Å². The van der Waals surface area contributed by atoms with Crippen molar-refractivity contribution in [1.82, 2.24) is 14.5 Å². The maximum atomic E-state index is 10.1. The molecular formula is C20H23BrN4O5. The molecule has 0 bridgehead atoms. The average Bonchev–Trinajstić information content (AvgIpc) is 3.31. The third-order valence-corrected chi connectivity index (χ3v) is 5.80. The molecule has 0 saturated carbocycles. The van der Waals surface area contributed by atoms with Gasteiger partial charge in [-0.25, -0.2) is 9.97 Å². The molecule has 3 heterocycles. The lowest BCUT2D eigenvalue weighted by Crippen LogP contribution is -2.24. The highest BCUT2D eigenvalue weighted by molar-refractivity contribution is 9.10. The van der Waals surface area contributed by atoms with Crippen LogP contribution in [0.4, 0.5) is 5.82 Å². The number of methoxy groups -OCH3 is 2. The van der Waals surface area contributed by atoms with Crippen molar-refractivity contribution in [1.29, 1.82) is 0 Å². The number of ether oxygens (including phenoxy) is 3. The molecule has 10 heteroatoms. The molecule has 3 aromatic rings. The van der Waals surface area contributed by atoms with Gasteiger partial charge in [-0.05, 0) is 28.1 Å². The fourth-order valence-corrected chi connectivity index (χ4v) is 4.21. The van der Waals surface area contributed by atoms with Gasteiger partial charge in [-0.3, -0.25) is 0 Å². The predicted octanol–water partition coefficient (Wildman–Crippen LogP) is 2.46. The topological polar surface area (TPSA) is 111 Å². The number of nitrogens with zero attached hydrogens (tertiary/aromatic N) is 3. The zero-order valence-electron chi connectivity index (χ0n) is 16.6. The largest absolute Gasteiger partial charge is 0.497 e. The minimum Gasteiger partial charge on any atom is -0.497 e. The number of aliphatic hydroxyl groups is 2. The van der Waals surface area contributed by atoms with Crippen LogP contribution < -0.4 is 14.8 Å². The lowest BCUT2D eigenvalue weighted by molar-refractivity contribution is -0.0430. The molecule has 0 aliphatic carbocycles. The Hall–Kier alpha value is -2.40. The second-order valence-corrected chi connectivity index (χ2v) is 7.81. The molecule has 3 atom stereocenters. The fourth-order valence-electron chi connectivity index (χ4n) is 3.62. The first-order valence-corrected chi connectivity index (χ1v) is 10.2. The molecule has 1 aromatic carbocycles. The first-order valence-electron chi connectivity index (χ1n) is 9.46. The second kappa shape index (κ2) is 8.76. The number of aliphatic hydroxyl groups excluding tert-OH is 2. The van der Waals surface area contributed by atoms with Gasteiger partial charge in [0, 0.05) is 35.3 Å². The van der Waals surface area contributed by atoms with E-state index in [4.69, 9.17) is 14.2 Å². The Labute approximate surface area is 181 Å². The molecule has 0 amide bonds. The van der Waals surface area contributed by atoms with Gasteiger partial charge in [0.15, 0.2) is 0 Å². The number of hydrogen-bond donors (Lipinski definition) is 3. The summed E-state index contributed by atoms with van der Waals surface area (Å²) in [6.07, 6.45) is 1.96. The lowest BCUT2D eigenvalue weighted by atomic mass is 10.2. The molecule has 1 aliphatic rings. The third-order valence-electron chi connectivity index (χ3n) is 5.20. The van der Waals surface area contributed by atoms with Crippen molar-refractivity contribution in [3.8, 4) is 11.5 Å². The van der Waals surface area contributed by atoms with E-state index in [9.17, 15) is 10.2 Å². The number of anilines is 1. The summed E-state index contributed by atoms with van der Waals surface area (Å²) in [5.74, 6) is 2.09. The molecule has 0 radical (unpaired) electrons. The standard InChI is InChI=1S/C20H23BrN4O5/c1-28-12-4-3-11(15(5-12)29-2)7-22-19-18-13(21)8-25(20(18)24-10-23-19)17-6-14(27)16(9-26)30-17/h3-5,8,10,14,16-17,26-27H,6-7,9H2,1-2H3,(H,22,23,24). The molecule has 1 saturated heterocycles. The minimum atomic E-state index is -0.724. The van der Waals surface area contributed by atoms with Gasteiger partial charge in [0.1, 0.15) is 41.6 Å². The molecule has 4 rings (SSSR count). The van der Waals surface area contributed by atoms with Gasteiger partial charge in [0.25, 0.3) is 0 Å². The summed E-state index contributed by atoms with van der Waals surface area (Å²) in [6, 6.07) is 5.65. The Morgan fingerprint density at radius 3 is 2.83 bits per heavy atom. The molecule has 30 heavy (non-hydrogen) atoms. The summed E-state index contributed by atoms with van der Waals surface area (Å²) in [5.41, 5.74) is 1.62. The molecule has 2 aromatic heterocycles. The molecule has 1 aliphatic heterocycles. The normalized spacial score (nSPS) is 21.2. The predicted molar refractivity (Wildman–Crippen MR) is 114 cm³/mol. The molecule has 1 fully saturated rings. The third kappa shape index (κ3) is 3.83. The summed E-state index contributed by atoms with van der Waals surface area (Å²) in [4.78, 5) is 8.81. The SMILES string of the molecule is COc1ccc(CNc2ncnc3c2c(Br)cn3C2CC(O)C(CO)O2)c(OC)c1. The highest BCUT2D eigenvalue weighted by Crippen LogP contribution is 2.37. The van der Waals surface area contributed by atoms with Crippen molar-refractivity contribution in [3.05, 3.63) is 40.8 Å². The smallest absolute Gasteiger partial charge is 0.148 e. The van der Waals surface area contributed by atoms with Gasteiger partial charge >= 0.3 is 0 Å². The van der Waals surface area contributed by atoms with Gasteiger partial charge in [-0.15, -0.1) is 0 Å². The Balaban J connectivity index is 1.61. The monoisotopic (exact) mass is 478 g/mol. The van der Waals surface area contributed by atoms with Crippen LogP contribution in [0, 0.1) is 0 Å². The average molecular weight is 479 g/mol. The van der Waals surface area contributed by atoms with Crippen molar-refractivity contribution in [3.63, 3.8) is 0 Å². The highest BCUT2D eigenvalue weighted by atomic mass is 79.9. The fraction of sp³-hybridized carbons (Fsp3) is 0.400. The van der Waals surface area contributed by atoms with Crippen LogP contribution in [0.1, 0.15) is 18.2 Å². The number of halogens is 1. The van der Waals surface area contributed by atoms with Crippen LogP contribution in [0.2, 0.25) is 0 Å². The molecule has 0 spiro atoms. The number of nitrogens with one attached hydrogen (secondary N) is 1. The van der Waals surface area contributed by atoms with E-state index in [-0.39, 0.29) is 6.61 Å². The van der Waals surface area contributed by atoms with Crippen LogP contribution in [0.15, 0.2) is 35.2 Å². The van der Waals surface area contributed by atoms with Crippen LogP contribution in [0.25, 0.3) is 11.0 Å². The zero-order chi connectivity index (χ0) is 21.3. The van der Waals surface area contributed by atoms with Crippen LogP contribution in [0.3, 0.4) is 0 Å². The van der Waals surface area contributed by atoms with Gasteiger partial charge < -0.3 is 34.3 Å². The quantitative estimate of drug-likeness (QED) is 0.474. The van der Waals surface area contributed by atoms with Crippen LogP contribution in [0.5, 0.6) is 11.5 Å². The van der Waals surface area contributed by atoms with Crippen molar-refractivity contribution in [2.24, 2.45) is 0 Å². The minimum absolute atomic E-state index is 0.233. The summed E-state index contributed by atoms with van der Waals surface area (Å²) >= 11 is 3.59. The molecule has 3 unspecified atom stereocenters. The maximum absolute atomic E-state index is 10.1. The number of benzene rings is 1. The second-order valence-electron chi connectivity index (χ2n) is 6.95. The van der Waals surface area contributed by atoms with Crippen molar-refractivity contribution in [2.45, 2.75) is 31.4 Å². The number of aromatic nitrogens is 3. The van der Waals surface area contributed by atoms with E-state index in [0.717, 1.165) is 21.2 Å². The summed E-state index contributed by atoms with van der Waals surface area (Å²) in [6.45, 7) is 0.256. The molecule has 160 valence electrons. The van der Waals surface area contributed by atoms with Crippen LogP contribution >= 0.6 is 15.9 Å². The van der Waals surface area contributed by atoms with E-state index < -0.39 is 18.4 Å². The molecule has 9 nitrogen and oxygen atoms in total. The van der Waals surface area contributed by atoms with Gasteiger partial charge in [0.05, 0.1) is 32.3 Å². The Morgan fingerprint density at radius 1 is 1.30 bits per heavy atom. The first kappa shape index (κ1) is 20.9. The Bertz CT molecular complexity index is 1040. The van der Waals surface area contributed by atoms with Gasteiger partial charge in [-0.1, -0.05) is 0 Å². The van der Waals surface area contributed by atoms with Crippen LogP contribution in [-0.2, 0) is 11.3 Å². The zero-order valence-corrected chi connectivity index (χ0v) is 18.2. The molecular weight excluding hydrogens is 456 g/mol. The van der Waals surface area contributed by atoms with E-state index in [1.54, 1.807) is 14.2 Å². The van der Waals surface area contributed by atoms with E-state index in [2.05, 4.69) is 31.2 Å². The van der Waals surface area contributed by atoms with E-state index in [0.29, 0.717) is 30.2 Å². The van der Waals surface area contributed by atoms with Crippen molar-refractivity contribution in [2.75, 3.05) is 26.1 Å². The number of hydrogen-bond acceptors (Lipinski definition) is 8. The summed E-state index contributed by atoms with van der Waals surface area (Å²) in [7, 11) is 3.23. The van der Waals surface area contributed by atoms with E-state index in [1.165, 1.54) is 6.33 Å². The number of fused-ring (bicyclic) bond motifs is 1.